The van der Waals surface area contributed by atoms with Crippen LogP contribution in [0.15, 0.2) is 16.5 Å². The maximum Gasteiger partial charge on any atom is 0.129 e. The third kappa shape index (κ3) is 4.08. The number of hydrogen-bond donors (Lipinski definition) is 1. The van der Waals surface area contributed by atoms with Gasteiger partial charge in [-0.15, -0.1) is 0 Å². The largest absolute Gasteiger partial charge is 0.462 e. The van der Waals surface area contributed by atoms with Crippen LogP contribution in [0.5, 0.6) is 0 Å². The summed E-state index contributed by atoms with van der Waals surface area (Å²) in [6.45, 7) is 3.50. The van der Waals surface area contributed by atoms with E-state index in [0.29, 0.717) is 12.6 Å². The normalized spacial score (nSPS) is 23.6. The third-order valence-corrected chi connectivity index (χ3v) is 4.37. The Kier molecular flexibility index (Phi) is 4.76. The van der Waals surface area contributed by atoms with Gasteiger partial charge in [0.25, 0.3) is 0 Å². The monoisotopic (exact) mass is 278 g/mol. The van der Waals surface area contributed by atoms with Gasteiger partial charge >= 0.3 is 0 Å². The van der Waals surface area contributed by atoms with Gasteiger partial charge in [-0.1, -0.05) is 0 Å². The SMILES string of the molecule is CN1CCCC1CCOCc1ccc(CNC2CC2)o1. The highest BCUT2D eigenvalue weighted by Crippen LogP contribution is 2.20. The highest BCUT2D eigenvalue weighted by Gasteiger charge is 2.21. The van der Waals surface area contributed by atoms with Crippen LogP contribution >= 0.6 is 0 Å². The second kappa shape index (κ2) is 6.74. The molecular formula is C16H26N2O2. The molecule has 20 heavy (non-hydrogen) atoms. The van der Waals surface area contributed by atoms with E-state index >= 15 is 0 Å². The lowest BCUT2D eigenvalue weighted by atomic mass is 10.1. The average Bonchev–Trinajstić information content (AvgIpc) is 3.03. The summed E-state index contributed by atoms with van der Waals surface area (Å²) in [5.41, 5.74) is 0. The Balaban J connectivity index is 1.31. The van der Waals surface area contributed by atoms with Gasteiger partial charge in [0.15, 0.2) is 0 Å². The number of nitrogens with one attached hydrogen (secondary N) is 1. The molecule has 2 heterocycles. The van der Waals surface area contributed by atoms with Gasteiger partial charge in [-0.2, -0.15) is 0 Å². The molecule has 1 unspecified atom stereocenters. The van der Waals surface area contributed by atoms with Crippen molar-refractivity contribution in [2.75, 3.05) is 20.2 Å². The molecular weight excluding hydrogens is 252 g/mol. The Morgan fingerprint density at radius 2 is 2.15 bits per heavy atom. The lowest BCUT2D eigenvalue weighted by Gasteiger charge is -2.18. The molecule has 112 valence electrons. The van der Waals surface area contributed by atoms with Crippen LogP contribution in [0.4, 0.5) is 0 Å². The van der Waals surface area contributed by atoms with Crippen molar-refractivity contribution in [3.63, 3.8) is 0 Å². The average molecular weight is 278 g/mol. The fraction of sp³-hybridized carbons (Fsp3) is 0.750. The number of rotatable bonds is 8. The first-order valence-corrected chi connectivity index (χ1v) is 7.90. The highest BCUT2D eigenvalue weighted by molar-refractivity contribution is 5.06. The van der Waals surface area contributed by atoms with Crippen LogP contribution in [0, 0.1) is 0 Å². The van der Waals surface area contributed by atoms with E-state index in [0.717, 1.165) is 37.1 Å². The van der Waals surface area contributed by atoms with Gasteiger partial charge in [-0.3, -0.25) is 0 Å². The first-order chi connectivity index (χ1) is 9.81. The van der Waals surface area contributed by atoms with Gasteiger partial charge in [0.05, 0.1) is 6.54 Å². The summed E-state index contributed by atoms with van der Waals surface area (Å²) in [6, 6.07) is 5.53. The molecule has 0 aromatic carbocycles. The van der Waals surface area contributed by atoms with Crippen molar-refractivity contribution in [2.45, 2.75) is 57.3 Å². The standard InChI is InChI=1S/C16H26N2O2/c1-18-9-2-3-14(18)8-10-19-12-16-7-6-15(20-16)11-17-13-4-5-13/h6-7,13-14,17H,2-5,8-12H2,1H3. The van der Waals surface area contributed by atoms with Crippen LogP contribution in [-0.4, -0.2) is 37.2 Å². The predicted octanol–water partition coefficient (Wildman–Crippen LogP) is 2.53. The van der Waals surface area contributed by atoms with E-state index in [2.05, 4.69) is 23.3 Å². The lowest BCUT2D eigenvalue weighted by Crippen LogP contribution is -2.26. The molecule has 3 rings (SSSR count). The van der Waals surface area contributed by atoms with E-state index in [4.69, 9.17) is 9.15 Å². The van der Waals surface area contributed by atoms with E-state index in [1.807, 2.05) is 6.07 Å². The minimum absolute atomic E-state index is 0.597. The number of furan rings is 1. The second-order valence-electron chi connectivity index (χ2n) is 6.14. The van der Waals surface area contributed by atoms with Gasteiger partial charge in [0.1, 0.15) is 18.1 Å². The summed E-state index contributed by atoms with van der Waals surface area (Å²) in [4.78, 5) is 2.44. The first-order valence-electron chi connectivity index (χ1n) is 7.90. The van der Waals surface area contributed by atoms with Gasteiger partial charge < -0.3 is 19.4 Å². The van der Waals surface area contributed by atoms with Crippen LogP contribution in [0.3, 0.4) is 0 Å². The van der Waals surface area contributed by atoms with E-state index < -0.39 is 0 Å². The Morgan fingerprint density at radius 3 is 2.90 bits per heavy atom. The summed E-state index contributed by atoms with van der Waals surface area (Å²) in [5.74, 6) is 1.96. The third-order valence-electron chi connectivity index (χ3n) is 4.37. The second-order valence-corrected chi connectivity index (χ2v) is 6.14. The Hall–Kier alpha value is -0.840. The van der Waals surface area contributed by atoms with E-state index in [1.54, 1.807) is 0 Å². The summed E-state index contributed by atoms with van der Waals surface area (Å²) in [7, 11) is 2.21. The topological polar surface area (TPSA) is 37.6 Å². The molecule has 4 nitrogen and oxygen atoms in total. The molecule has 1 aliphatic heterocycles. The van der Waals surface area contributed by atoms with Crippen molar-refractivity contribution < 1.29 is 9.15 Å². The smallest absolute Gasteiger partial charge is 0.129 e. The van der Waals surface area contributed by atoms with Crippen molar-refractivity contribution in [1.82, 2.24) is 10.2 Å². The number of nitrogens with zero attached hydrogens (tertiary/aromatic N) is 1. The zero-order valence-electron chi connectivity index (χ0n) is 12.4. The predicted molar refractivity (Wildman–Crippen MR) is 78.5 cm³/mol. The number of hydrogen-bond acceptors (Lipinski definition) is 4. The van der Waals surface area contributed by atoms with E-state index in [9.17, 15) is 0 Å². The van der Waals surface area contributed by atoms with Crippen LogP contribution in [0.25, 0.3) is 0 Å². The Bertz CT molecular complexity index is 414. The minimum Gasteiger partial charge on any atom is -0.462 e. The zero-order chi connectivity index (χ0) is 13.8. The van der Waals surface area contributed by atoms with Crippen molar-refractivity contribution in [3.05, 3.63) is 23.7 Å². The van der Waals surface area contributed by atoms with E-state index in [1.165, 1.54) is 32.2 Å². The van der Waals surface area contributed by atoms with Gasteiger partial charge in [0, 0.05) is 18.7 Å². The van der Waals surface area contributed by atoms with Crippen molar-refractivity contribution >= 4 is 0 Å². The lowest BCUT2D eigenvalue weighted by molar-refractivity contribution is 0.0886. The molecule has 1 N–H and O–H groups in total. The molecule has 0 spiro atoms. The molecule has 1 aromatic heterocycles. The highest BCUT2D eigenvalue weighted by atomic mass is 16.5. The molecule has 4 heteroatoms. The zero-order valence-corrected chi connectivity index (χ0v) is 12.4. The Labute approximate surface area is 121 Å². The summed E-state index contributed by atoms with van der Waals surface area (Å²) in [5, 5.41) is 3.46. The number of likely N-dealkylation sites (tertiary alicyclic amines) is 1. The number of ether oxygens (including phenoxy) is 1. The van der Waals surface area contributed by atoms with Crippen molar-refractivity contribution in [2.24, 2.45) is 0 Å². The summed E-state index contributed by atoms with van der Waals surface area (Å²) < 4.78 is 11.5. The van der Waals surface area contributed by atoms with Crippen LogP contribution in [0.1, 0.15) is 43.6 Å². The fourth-order valence-corrected chi connectivity index (χ4v) is 2.86. The van der Waals surface area contributed by atoms with Gasteiger partial charge in [-0.05, 0) is 57.8 Å². The molecule has 2 aliphatic rings. The maximum absolute atomic E-state index is 5.76. The van der Waals surface area contributed by atoms with Crippen LogP contribution in [0.2, 0.25) is 0 Å². The van der Waals surface area contributed by atoms with Gasteiger partial charge in [-0.25, -0.2) is 0 Å². The van der Waals surface area contributed by atoms with Crippen molar-refractivity contribution in [3.8, 4) is 0 Å². The molecule has 1 saturated carbocycles. The maximum atomic E-state index is 5.76. The molecule has 0 bridgehead atoms. The molecule has 1 atom stereocenters. The summed E-state index contributed by atoms with van der Waals surface area (Å²) >= 11 is 0. The van der Waals surface area contributed by atoms with E-state index in [-0.39, 0.29) is 0 Å². The van der Waals surface area contributed by atoms with Gasteiger partial charge in [0.2, 0.25) is 0 Å². The minimum atomic E-state index is 0.597. The molecule has 1 aromatic rings. The molecule has 0 radical (unpaired) electrons. The molecule has 1 aliphatic carbocycles. The molecule has 0 amide bonds. The summed E-state index contributed by atoms with van der Waals surface area (Å²) in [6.07, 6.45) is 6.40. The molecule has 1 saturated heterocycles. The first kappa shape index (κ1) is 14.1. The van der Waals surface area contributed by atoms with Crippen LogP contribution < -0.4 is 5.32 Å². The van der Waals surface area contributed by atoms with Crippen molar-refractivity contribution in [1.29, 1.82) is 0 Å². The quantitative estimate of drug-likeness (QED) is 0.742. The fourth-order valence-electron chi connectivity index (χ4n) is 2.86. The Morgan fingerprint density at radius 1 is 1.30 bits per heavy atom. The molecule has 2 fully saturated rings. The van der Waals surface area contributed by atoms with Crippen LogP contribution in [-0.2, 0) is 17.9 Å².